The van der Waals surface area contributed by atoms with Gasteiger partial charge in [-0.2, -0.15) is 0 Å². The molecule has 0 heterocycles. The molecule has 0 aromatic rings. The fourth-order valence-corrected chi connectivity index (χ4v) is 2.64. The van der Waals surface area contributed by atoms with Gasteiger partial charge in [-0.05, 0) is 31.1 Å². The summed E-state index contributed by atoms with van der Waals surface area (Å²) < 4.78 is 10.0. The first-order valence-corrected chi connectivity index (χ1v) is 6.47. The third-order valence-corrected chi connectivity index (χ3v) is 3.21. The molecule has 0 aromatic heterocycles. The summed E-state index contributed by atoms with van der Waals surface area (Å²) >= 11 is 0. The van der Waals surface area contributed by atoms with E-state index in [1.807, 2.05) is 0 Å². The molecule has 1 aliphatic carbocycles. The molecule has 0 radical (unpaired) electrons. The zero-order valence-electron chi connectivity index (χ0n) is 11.2. The van der Waals surface area contributed by atoms with Crippen LogP contribution in [0.3, 0.4) is 0 Å². The van der Waals surface area contributed by atoms with Gasteiger partial charge in [-0.15, -0.1) is 0 Å². The van der Waals surface area contributed by atoms with Crippen LogP contribution in [0.25, 0.3) is 0 Å². The number of carbonyl (C=O) groups is 1. The number of carbonyl (C=O) groups excluding carboxylic acids is 1. The van der Waals surface area contributed by atoms with Crippen LogP contribution in [0.15, 0.2) is 0 Å². The molecule has 1 rings (SSSR count). The van der Waals surface area contributed by atoms with E-state index in [0.717, 1.165) is 12.8 Å². The topological polar surface area (TPSA) is 47.6 Å². The van der Waals surface area contributed by atoms with Crippen molar-refractivity contribution in [2.24, 2.45) is 11.8 Å². The second-order valence-electron chi connectivity index (χ2n) is 5.23. The molecule has 2 unspecified atom stereocenters. The molecule has 2 atom stereocenters. The van der Waals surface area contributed by atoms with E-state index in [-0.39, 0.29) is 12.5 Å². The number of methoxy groups -OCH3 is 1. The zero-order valence-corrected chi connectivity index (χ0v) is 11.2. The SMILES string of the molecule is COCCOCC(=O)NC1CC(C)CC(C)C1. The summed E-state index contributed by atoms with van der Waals surface area (Å²) in [5, 5.41) is 3.05. The second kappa shape index (κ2) is 7.67. The first-order chi connectivity index (χ1) is 8.11. The van der Waals surface area contributed by atoms with E-state index in [9.17, 15) is 4.79 Å². The summed E-state index contributed by atoms with van der Waals surface area (Å²) in [6.07, 6.45) is 3.46. The Labute approximate surface area is 104 Å². The predicted octanol–water partition coefficient (Wildman–Crippen LogP) is 1.59. The third-order valence-electron chi connectivity index (χ3n) is 3.21. The Morgan fingerprint density at radius 2 is 1.82 bits per heavy atom. The quantitative estimate of drug-likeness (QED) is 0.721. The molecule has 1 fully saturated rings. The van der Waals surface area contributed by atoms with Gasteiger partial charge < -0.3 is 14.8 Å². The maximum Gasteiger partial charge on any atom is 0.246 e. The van der Waals surface area contributed by atoms with Gasteiger partial charge in [-0.25, -0.2) is 0 Å². The van der Waals surface area contributed by atoms with E-state index in [4.69, 9.17) is 9.47 Å². The Morgan fingerprint density at radius 1 is 1.18 bits per heavy atom. The molecule has 1 aliphatic rings. The average Bonchev–Trinajstić information content (AvgIpc) is 2.23. The maximum absolute atomic E-state index is 11.6. The Balaban J connectivity index is 2.16. The van der Waals surface area contributed by atoms with Crippen molar-refractivity contribution in [1.29, 1.82) is 0 Å². The van der Waals surface area contributed by atoms with Gasteiger partial charge in [-0.3, -0.25) is 4.79 Å². The van der Waals surface area contributed by atoms with Gasteiger partial charge in [0.05, 0.1) is 13.2 Å². The van der Waals surface area contributed by atoms with Crippen LogP contribution in [0.2, 0.25) is 0 Å². The number of rotatable bonds is 6. The van der Waals surface area contributed by atoms with E-state index in [1.54, 1.807) is 7.11 Å². The van der Waals surface area contributed by atoms with Gasteiger partial charge in [0.1, 0.15) is 6.61 Å². The standard InChI is InChI=1S/C13H25NO3/c1-10-6-11(2)8-12(7-10)14-13(15)9-17-5-4-16-3/h10-12H,4-9H2,1-3H3,(H,14,15). The number of nitrogens with one attached hydrogen (secondary N) is 1. The Bertz CT molecular complexity index is 223. The molecule has 100 valence electrons. The Kier molecular flexibility index (Phi) is 6.52. The first kappa shape index (κ1) is 14.5. The maximum atomic E-state index is 11.6. The molecule has 17 heavy (non-hydrogen) atoms. The lowest BCUT2D eigenvalue weighted by Crippen LogP contribution is -2.41. The summed E-state index contributed by atoms with van der Waals surface area (Å²) in [5.74, 6) is 1.41. The van der Waals surface area contributed by atoms with Crippen molar-refractivity contribution >= 4 is 5.91 Å². The molecule has 0 aromatic carbocycles. The lowest BCUT2D eigenvalue weighted by molar-refractivity contribution is -0.127. The predicted molar refractivity (Wildman–Crippen MR) is 66.8 cm³/mol. The summed E-state index contributed by atoms with van der Waals surface area (Å²) in [6.45, 7) is 5.66. The summed E-state index contributed by atoms with van der Waals surface area (Å²) in [7, 11) is 1.62. The smallest absolute Gasteiger partial charge is 0.246 e. The van der Waals surface area contributed by atoms with Crippen molar-refractivity contribution in [2.75, 3.05) is 26.9 Å². The Hall–Kier alpha value is -0.610. The van der Waals surface area contributed by atoms with Crippen LogP contribution in [0, 0.1) is 11.8 Å². The van der Waals surface area contributed by atoms with Crippen molar-refractivity contribution in [2.45, 2.75) is 39.2 Å². The molecular weight excluding hydrogens is 218 g/mol. The van der Waals surface area contributed by atoms with E-state index < -0.39 is 0 Å². The zero-order chi connectivity index (χ0) is 12.7. The molecule has 1 N–H and O–H groups in total. The second-order valence-corrected chi connectivity index (χ2v) is 5.23. The molecule has 0 aliphatic heterocycles. The fraction of sp³-hybridized carbons (Fsp3) is 0.923. The molecule has 4 nitrogen and oxygen atoms in total. The number of hydrogen-bond acceptors (Lipinski definition) is 3. The van der Waals surface area contributed by atoms with E-state index >= 15 is 0 Å². The van der Waals surface area contributed by atoms with Crippen molar-refractivity contribution in [3.8, 4) is 0 Å². The minimum absolute atomic E-state index is 0.00703. The highest BCUT2D eigenvalue weighted by Gasteiger charge is 2.24. The van der Waals surface area contributed by atoms with Crippen LogP contribution in [-0.2, 0) is 14.3 Å². The van der Waals surface area contributed by atoms with E-state index in [1.165, 1.54) is 6.42 Å². The molecule has 1 saturated carbocycles. The molecule has 0 saturated heterocycles. The number of hydrogen-bond donors (Lipinski definition) is 1. The number of amides is 1. The summed E-state index contributed by atoms with van der Waals surface area (Å²) in [4.78, 5) is 11.6. The van der Waals surface area contributed by atoms with Crippen molar-refractivity contribution in [3.05, 3.63) is 0 Å². The van der Waals surface area contributed by atoms with Gasteiger partial charge in [0.2, 0.25) is 5.91 Å². The van der Waals surface area contributed by atoms with Crippen LogP contribution in [0.4, 0.5) is 0 Å². The monoisotopic (exact) mass is 243 g/mol. The van der Waals surface area contributed by atoms with Crippen molar-refractivity contribution < 1.29 is 14.3 Å². The van der Waals surface area contributed by atoms with Gasteiger partial charge in [-0.1, -0.05) is 13.8 Å². The first-order valence-electron chi connectivity index (χ1n) is 6.47. The van der Waals surface area contributed by atoms with E-state index in [0.29, 0.717) is 31.1 Å². The molecule has 0 spiro atoms. The Morgan fingerprint density at radius 3 is 2.41 bits per heavy atom. The molecule has 4 heteroatoms. The molecule has 0 bridgehead atoms. The number of ether oxygens (including phenoxy) is 2. The van der Waals surface area contributed by atoms with Crippen LogP contribution < -0.4 is 5.32 Å². The van der Waals surface area contributed by atoms with E-state index in [2.05, 4.69) is 19.2 Å². The van der Waals surface area contributed by atoms with Crippen LogP contribution in [0.5, 0.6) is 0 Å². The highest BCUT2D eigenvalue weighted by Crippen LogP contribution is 2.28. The van der Waals surface area contributed by atoms with Crippen LogP contribution >= 0.6 is 0 Å². The largest absolute Gasteiger partial charge is 0.382 e. The van der Waals surface area contributed by atoms with Crippen molar-refractivity contribution in [3.63, 3.8) is 0 Å². The lowest BCUT2D eigenvalue weighted by atomic mass is 9.80. The van der Waals surface area contributed by atoms with Crippen LogP contribution in [0.1, 0.15) is 33.1 Å². The molecule has 1 amide bonds. The minimum Gasteiger partial charge on any atom is -0.382 e. The summed E-state index contributed by atoms with van der Waals surface area (Å²) in [5.41, 5.74) is 0. The van der Waals surface area contributed by atoms with Gasteiger partial charge >= 0.3 is 0 Å². The van der Waals surface area contributed by atoms with Crippen LogP contribution in [-0.4, -0.2) is 38.9 Å². The molecular formula is C13H25NO3. The highest BCUT2D eigenvalue weighted by atomic mass is 16.5. The normalized spacial score (nSPS) is 29.0. The summed E-state index contributed by atoms with van der Waals surface area (Å²) in [6, 6.07) is 0.326. The third kappa shape index (κ3) is 6.03. The fourth-order valence-electron chi connectivity index (χ4n) is 2.64. The van der Waals surface area contributed by atoms with Crippen molar-refractivity contribution in [1.82, 2.24) is 5.32 Å². The minimum atomic E-state index is -0.00703. The van der Waals surface area contributed by atoms with Gasteiger partial charge in [0, 0.05) is 13.2 Å². The highest BCUT2D eigenvalue weighted by molar-refractivity contribution is 5.77. The van der Waals surface area contributed by atoms with Gasteiger partial charge in [0.15, 0.2) is 0 Å². The average molecular weight is 243 g/mol. The van der Waals surface area contributed by atoms with Gasteiger partial charge in [0.25, 0.3) is 0 Å². The lowest BCUT2D eigenvalue weighted by Gasteiger charge is -2.31.